The van der Waals surface area contributed by atoms with Crippen molar-refractivity contribution < 1.29 is 23.4 Å². The van der Waals surface area contributed by atoms with Crippen LogP contribution in [0.25, 0.3) is 0 Å². The zero-order chi connectivity index (χ0) is 15.0. The van der Waals surface area contributed by atoms with Crippen molar-refractivity contribution >= 4 is 32.0 Å². The minimum absolute atomic E-state index is 0.0676. The number of sulfonamides is 1. The van der Waals surface area contributed by atoms with Gasteiger partial charge in [0.15, 0.2) is 0 Å². The summed E-state index contributed by atoms with van der Waals surface area (Å²) in [5, 5.41) is 18.6. The maximum absolute atomic E-state index is 12.1. The SMILES string of the molecule is O=C(O)N1CC(O)(CNS(=O)(=O)c2ccccc2Br)C1. The summed E-state index contributed by atoms with van der Waals surface area (Å²) in [6.45, 7) is -0.456. The molecule has 0 atom stereocenters. The number of likely N-dealkylation sites (tertiary alicyclic amines) is 1. The van der Waals surface area contributed by atoms with E-state index in [4.69, 9.17) is 5.11 Å². The Morgan fingerprint density at radius 2 is 2.00 bits per heavy atom. The van der Waals surface area contributed by atoms with Crippen LogP contribution in [0.5, 0.6) is 0 Å². The summed E-state index contributed by atoms with van der Waals surface area (Å²) in [7, 11) is -3.76. The monoisotopic (exact) mass is 364 g/mol. The molecule has 110 valence electrons. The topological polar surface area (TPSA) is 107 Å². The number of aliphatic hydroxyl groups is 1. The van der Waals surface area contributed by atoms with Gasteiger partial charge < -0.3 is 15.1 Å². The molecule has 0 saturated carbocycles. The van der Waals surface area contributed by atoms with Crippen molar-refractivity contribution in [3.05, 3.63) is 28.7 Å². The number of nitrogens with one attached hydrogen (secondary N) is 1. The highest BCUT2D eigenvalue weighted by Crippen LogP contribution is 2.23. The largest absolute Gasteiger partial charge is 0.465 e. The summed E-state index contributed by atoms with van der Waals surface area (Å²) in [5.41, 5.74) is -1.35. The lowest BCUT2D eigenvalue weighted by Crippen LogP contribution is -2.67. The molecule has 20 heavy (non-hydrogen) atoms. The fourth-order valence-electron chi connectivity index (χ4n) is 1.88. The number of β-amino-alcohol motifs (C(OH)–C–C–N with tert-alkyl or cyclic N) is 1. The molecule has 0 radical (unpaired) electrons. The summed E-state index contributed by atoms with van der Waals surface area (Å²) in [4.78, 5) is 11.7. The van der Waals surface area contributed by atoms with Gasteiger partial charge in [-0.3, -0.25) is 0 Å². The molecule has 2 rings (SSSR count). The van der Waals surface area contributed by atoms with Gasteiger partial charge in [-0.15, -0.1) is 0 Å². The lowest BCUT2D eigenvalue weighted by atomic mass is 9.95. The molecule has 1 saturated heterocycles. The van der Waals surface area contributed by atoms with E-state index in [-0.39, 0.29) is 24.5 Å². The van der Waals surface area contributed by atoms with E-state index in [0.29, 0.717) is 4.47 Å². The minimum atomic E-state index is -3.76. The smallest absolute Gasteiger partial charge is 0.407 e. The van der Waals surface area contributed by atoms with E-state index in [9.17, 15) is 18.3 Å². The van der Waals surface area contributed by atoms with Crippen molar-refractivity contribution in [2.45, 2.75) is 10.5 Å². The molecule has 1 aliphatic heterocycles. The highest BCUT2D eigenvalue weighted by Gasteiger charge is 2.44. The summed E-state index contributed by atoms with van der Waals surface area (Å²) < 4.78 is 26.9. The van der Waals surface area contributed by atoms with Gasteiger partial charge in [-0.25, -0.2) is 17.9 Å². The average Bonchev–Trinajstić information content (AvgIpc) is 2.33. The van der Waals surface area contributed by atoms with Crippen LogP contribution < -0.4 is 4.72 Å². The number of benzene rings is 1. The summed E-state index contributed by atoms with van der Waals surface area (Å²) in [6, 6.07) is 6.30. The van der Waals surface area contributed by atoms with Crippen LogP contribution in [0.4, 0.5) is 4.79 Å². The number of nitrogens with zero attached hydrogens (tertiary/aromatic N) is 1. The molecule has 1 fully saturated rings. The molecular formula is C11H13BrN2O5S. The Labute approximate surface area is 124 Å². The lowest BCUT2D eigenvalue weighted by Gasteiger charge is -2.44. The highest BCUT2D eigenvalue weighted by atomic mass is 79.9. The molecule has 1 heterocycles. The van der Waals surface area contributed by atoms with Crippen LogP contribution in [0.1, 0.15) is 0 Å². The van der Waals surface area contributed by atoms with Gasteiger partial charge in [0.05, 0.1) is 18.0 Å². The van der Waals surface area contributed by atoms with Crippen LogP contribution in [0, 0.1) is 0 Å². The standard InChI is InChI=1S/C11H13BrN2O5S/c12-8-3-1-2-4-9(8)20(18,19)13-5-11(17)6-14(7-11)10(15)16/h1-4,13,17H,5-7H2,(H,15,16). The average molecular weight is 365 g/mol. The van der Waals surface area contributed by atoms with Crippen molar-refractivity contribution in [2.75, 3.05) is 19.6 Å². The molecule has 1 amide bonds. The van der Waals surface area contributed by atoms with Crippen LogP contribution in [0.2, 0.25) is 0 Å². The molecule has 0 spiro atoms. The first kappa shape index (κ1) is 15.2. The van der Waals surface area contributed by atoms with Crippen molar-refractivity contribution in [1.29, 1.82) is 0 Å². The van der Waals surface area contributed by atoms with E-state index in [1.165, 1.54) is 6.07 Å². The first-order valence-electron chi connectivity index (χ1n) is 5.68. The van der Waals surface area contributed by atoms with Crippen LogP contribution in [-0.4, -0.2) is 54.9 Å². The zero-order valence-electron chi connectivity index (χ0n) is 10.3. The minimum Gasteiger partial charge on any atom is -0.465 e. The zero-order valence-corrected chi connectivity index (χ0v) is 12.7. The fourth-order valence-corrected chi connectivity index (χ4v) is 4.00. The third kappa shape index (κ3) is 3.11. The Hall–Kier alpha value is -1.16. The van der Waals surface area contributed by atoms with Gasteiger partial charge in [-0.2, -0.15) is 0 Å². The van der Waals surface area contributed by atoms with Gasteiger partial charge in [0.2, 0.25) is 10.0 Å². The Kier molecular flexibility index (Phi) is 4.05. The van der Waals surface area contributed by atoms with Crippen molar-refractivity contribution in [2.24, 2.45) is 0 Å². The van der Waals surface area contributed by atoms with Crippen LogP contribution >= 0.6 is 15.9 Å². The highest BCUT2D eigenvalue weighted by molar-refractivity contribution is 9.10. The third-order valence-electron chi connectivity index (χ3n) is 2.96. The molecule has 9 heteroatoms. The number of hydrogen-bond acceptors (Lipinski definition) is 4. The molecule has 0 unspecified atom stereocenters. The normalized spacial score (nSPS) is 17.6. The van der Waals surface area contributed by atoms with Crippen molar-refractivity contribution in [1.82, 2.24) is 9.62 Å². The van der Waals surface area contributed by atoms with E-state index in [2.05, 4.69) is 20.7 Å². The summed E-state index contributed by atoms with van der Waals surface area (Å²) in [5.74, 6) is 0. The summed E-state index contributed by atoms with van der Waals surface area (Å²) in [6.07, 6.45) is -1.14. The van der Waals surface area contributed by atoms with Gasteiger partial charge >= 0.3 is 6.09 Å². The number of rotatable bonds is 4. The second-order valence-electron chi connectivity index (χ2n) is 4.62. The van der Waals surface area contributed by atoms with Gasteiger partial charge in [0.25, 0.3) is 0 Å². The Morgan fingerprint density at radius 1 is 1.40 bits per heavy atom. The van der Waals surface area contributed by atoms with Crippen LogP contribution in [-0.2, 0) is 10.0 Å². The van der Waals surface area contributed by atoms with Crippen LogP contribution in [0.15, 0.2) is 33.6 Å². The molecule has 0 aromatic heterocycles. The summed E-state index contributed by atoms with van der Waals surface area (Å²) >= 11 is 3.14. The predicted octanol–water partition coefficient (Wildman–Crippen LogP) is 0.452. The maximum atomic E-state index is 12.1. The molecule has 1 aromatic carbocycles. The van der Waals surface area contributed by atoms with Gasteiger partial charge in [-0.05, 0) is 28.1 Å². The third-order valence-corrected chi connectivity index (χ3v) is 5.37. The quantitative estimate of drug-likeness (QED) is 0.718. The molecular weight excluding hydrogens is 352 g/mol. The Bertz CT molecular complexity index is 627. The maximum Gasteiger partial charge on any atom is 0.407 e. The number of carbonyl (C=O) groups is 1. The van der Waals surface area contributed by atoms with Crippen LogP contribution in [0.3, 0.4) is 0 Å². The molecule has 0 bridgehead atoms. The molecule has 7 nitrogen and oxygen atoms in total. The molecule has 1 aliphatic rings. The molecule has 1 aromatic rings. The lowest BCUT2D eigenvalue weighted by molar-refractivity contribution is -0.0788. The number of amides is 1. The number of carboxylic acid groups (broad SMARTS) is 1. The second-order valence-corrected chi connectivity index (χ2v) is 7.21. The number of halogens is 1. The van der Waals surface area contributed by atoms with E-state index in [0.717, 1.165) is 4.90 Å². The first-order chi connectivity index (χ1) is 9.23. The molecule has 3 N–H and O–H groups in total. The molecule has 0 aliphatic carbocycles. The van der Waals surface area contributed by atoms with E-state index in [1.54, 1.807) is 18.2 Å². The Morgan fingerprint density at radius 3 is 2.55 bits per heavy atom. The second kappa shape index (κ2) is 5.32. The van der Waals surface area contributed by atoms with Crippen molar-refractivity contribution in [3.8, 4) is 0 Å². The van der Waals surface area contributed by atoms with Gasteiger partial charge in [0.1, 0.15) is 5.60 Å². The van der Waals surface area contributed by atoms with Gasteiger partial charge in [-0.1, -0.05) is 12.1 Å². The van der Waals surface area contributed by atoms with E-state index >= 15 is 0 Å². The van der Waals surface area contributed by atoms with E-state index < -0.39 is 21.7 Å². The Balaban J connectivity index is 2.01. The predicted molar refractivity (Wildman–Crippen MR) is 73.9 cm³/mol. The van der Waals surface area contributed by atoms with E-state index in [1.807, 2.05) is 0 Å². The van der Waals surface area contributed by atoms with Gasteiger partial charge in [0, 0.05) is 11.0 Å². The van der Waals surface area contributed by atoms with Crippen molar-refractivity contribution in [3.63, 3.8) is 0 Å². The number of hydrogen-bond donors (Lipinski definition) is 3. The fraction of sp³-hybridized carbons (Fsp3) is 0.364. The first-order valence-corrected chi connectivity index (χ1v) is 7.96.